The first-order valence-electron chi connectivity index (χ1n) is 19.2. The molecule has 0 aliphatic carbocycles. The van der Waals surface area contributed by atoms with Gasteiger partial charge in [-0.1, -0.05) is 97.1 Å². The van der Waals surface area contributed by atoms with Crippen molar-refractivity contribution in [3.05, 3.63) is 216 Å². The van der Waals surface area contributed by atoms with Gasteiger partial charge in [0, 0.05) is 73.3 Å². The van der Waals surface area contributed by atoms with Gasteiger partial charge >= 0.3 is 0 Å². The summed E-state index contributed by atoms with van der Waals surface area (Å²) in [4.78, 5) is 5.02. The van der Waals surface area contributed by atoms with Gasteiger partial charge in [0.25, 0.3) is 0 Å². The molecule has 0 saturated carbocycles. The van der Waals surface area contributed by atoms with Gasteiger partial charge in [0.2, 0.25) is 0 Å². The Balaban J connectivity index is 1.16. The van der Waals surface area contributed by atoms with Gasteiger partial charge < -0.3 is 9.47 Å². The minimum atomic E-state index is -1.48. The van der Waals surface area contributed by atoms with E-state index in [1.54, 1.807) is 0 Å². The third-order valence-electron chi connectivity index (χ3n) is 10.7. The van der Waals surface area contributed by atoms with E-state index in [2.05, 4.69) is 0 Å². The Morgan fingerprint density at radius 1 is 0.267 bits per heavy atom. The molecule has 0 aromatic heterocycles. The second kappa shape index (κ2) is 16.2. The first kappa shape index (κ1) is 38.2. The molecule has 0 fully saturated rings. The van der Waals surface area contributed by atoms with Crippen molar-refractivity contribution >= 4 is 43.2 Å². The van der Waals surface area contributed by atoms with Crippen molar-refractivity contribution in [2.24, 2.45) is 0 Å². The number of hydrogen-bond donors (Lipinski definition) is 0. The Labute approximate surface area is 357 Å². The van der Waals surface area contributed by atoms with Gasteiger partial charge in [-0.3, -0.25) is 0 Å². The molecule has 6 nitrogen and oxygen atoms in total. The average Bonchev–Trinajstić information content (AvgIpc) is 3.32. The van der Waals surface area contributed by atoms with Crippen LogP contribution in [-0.2, 0) is 43.2 Å². The summed E-state index contributed by atoms with van der Waals surface area (Å²) in [7, 11) is -5.92. The van der Waals surface area contributed by atoms with Crippen LogP contribution in [0.4, 0.5) is 0 Å². The highest BCUT2D eigenvalue weighted by Gasteiger charge is 2.41. The van der Waals surface area contributed by atoms with Crippen LogP contribution in [-0.4, -0.2) is 16.8 Å². The highest BCUT2D eigenvalue weighted by molar-refractivity contribution is 7.86. The number of benzene rings is 8. The molecule has 294 valence electrons. The summed E-state index contributed by atoms with van der Waals surface area (Å²) in [6.45, 7) is 0. The Hall–Kier alpha value is -6.04. The predicted molar refractivity (Wildman–Crippen MR) is 234 cm³/mol. The maximum absolute atomic E-state index is 13.9. The number of hydrogen-bond acceptors (Lipinski definition) is 6. The zero-order chi connectivity index (χ0) is 40.7. The van der Waals surface area contributed by atoms with Gasteiger partial charge in [0.15, 0.2) is 0 Å². The first-order chi connectivity index (χ1) is 29.4. The lowest BCUT2D eigenvalue weighted by Gasteiger charge is -2.38. The molecule has 4 atom stereocenters. The normalized spacial score (nSPS) is 16.9. The molecule has 0 saturated heterocycles. The summed E-state index contributed by atoms with van der Waals surface area (Å²) in [6.07, 6.45) is 0. The summed E-state index contributed by atoms with van der Waals surface area (Å²) in [5, 5.41) is 0. The van der Waals surface area contributed by atoms with Gasteiger partial charge in [0.05, 0.1) is 43.2 Å². The highest BCUT2D eigenvalue weighted by atomic mass is 32.2. The zero-order valence-electron chi connectivity index (χ0n) is 31.7. The molecule has 10 heteroatoms. The molecule has 0 radical (unpaired) electrons. The molecule has 2 aliphatic rings. The summed E-state index contributed by atoms with van der Waals surface area (Å²) in [6, 6.07) is 60.1. The van der Waals surface area contributed by atoms with Crippen molar-refractivity contribution in [3.63, 3.8) is 0 Å². The third-order valence-corrected chi connectivity index (χ3v) is 16.3. The van der Waals surface area contributed by atoms with Gasteiger partial charge in [-0.2, -0.15) is 0 Å². The number of fused-ring (bicyclic) bond motifs is 4. The lowest BCUT2D eigenvalue weighted by Crippen LogP contribution is -2.22. The molecule has 2 heterocycles. The first-order valence-corrected chi connectivity index (χ1v) is 23.8. The fourth-order valence-corrected chi connectivity index (χ4v) is 12.2. The minimum Gasteiger partial charge on any atom is -0.457 e. The van der Waals surface area contributed by atoms with Crippen LogP contribution >= 0.6 is 0 Å². The van der Waals surface area contributed by atoms with Gasteiger partial charge in [-0.15, -0.1) is 0 Å². The van der Waals surface area contributed by atoms with Crippen molar-refractivity contribution in [2.45, 2.75) is 51.0 Å². The van der Waals surface area contributed by atoms with Crippen molar-refractivity contribution in [1.29, 1.82) is 0 Å². The third kappa shape index (κ3) is 7.09. The fraction of sp³-hybridized carbons (Fsp3) is 0.0400. The van der Waals surface area contributed by atoms with Crippen LogP contribution in [0.1, 0.15) is 34.1 Å². The van der Waals surface area contributed by atoms with E-state index in [1.807, 2.05) is 194 Å². The summed E-state index contributed by atoms with van der Waals surface area (Å²) >= 11 is 0. The molecule has 10 rings (SSSR count). The molecule has 4 unspecified atom stereocenters. The lowest BCUT2D eigenvalue weighted by molar-refractivity contribution is 0.410. The molecule has 0 amide bonds. The Morgan fingerprint density at radius 2 is 0.483 bits per heavy atom. The van der Waals surface area contributed by atoms with Gasteiger partial charge in [-0.25, -0.2) is 16.8 Å². The molecule has 0 bridgehead atoms. The van der Waals surface area contributed by atoms with Crippen LogP contribution in [0.15, 0.2) is 233 Å². The van der Waals surface area contributed by atoms with E-state index in [0.717, 1.165) is 22.3 Å². The molecule has 8 aromatic rings. The van der Waals surface area contributed by atoms with Crippen LogP contribution in [0.3, 0.4) is 0 Å². The molecular weight excluding hydrogens is 825 g/mol. The maximum Gasteiger partial charge on any atom is 0.132 e. The number of rotatable bonds is 9. The van der Waals surface area contributed by atoms with E-state index >= 15 is 0 Å². The van der Waals surface area contributed by atoms with Gasteiger partial charge in [-0.05, 0) is 97.1 Å². The quantitative estimate of drug-likeness (QED) is 0.144. The molecule has 0 spiro atoms. The van der Waals surface area contributed by atoms with Crippen molar-refractivity contribution < 1.29 is 26.3 Å². The van der Waals surface area contributed by atoms with Crippen LogP contribution in [0.5, 0.6) is 23.0 Å². The van der Waals surface area contributed by atoms with Crippen molar-refractivity contribution in [1.82, 2.24) is 0 Å². The summed E-state index contributed by atoms with van der Waals surface area (Å²) < 4.78 is 69.2. The van der Waals surface area contributed by atoms with E-state index in [1.165, 1.54) is 0 Å². The maximum atomic E-state index is 13.9. The number of ether oxygens (including phenoxy) is 2. The van der Waals surface area contributed by atoms with Crippen molar-refractivity contribution in [3.8, 4) is 23.0 Å². The van der Waals surface area contributed by atoms with Crippen LogP contribution in [0.2, 0.25) is 0 Å². The Morgan fingerprint density at radius 3 is 0.700 bits per heavy atom. The van der Waals surface area contributed by atoms with Crippen LogP contribution < -0.4 is 9.47 Å². The molecule has 0 N–H and O–H groups in total. The molecule has 60 heavy (non-hydrogen) atoms. The molecule has 2 aliphatic heterocycles. The largest absolute Gasteiger partial charge is 0.457 e. The van der Waals surface area contributed by atoms with Crippen LogP contribution in [0.25, 0.3) is 0 Å². The lowest BCUT2D eigenvalue weighted by atomic mass is 9.71. The van der Waals surface area contributed by atoms with E-state index in [4.69, 9.17) is 9.47 Å². The average molecular weight is 859 g/mol. The SMILES string of the molecule is O=S(c1ccccc1)c1ccc2c(c1)Oc1cc(S(=O)c3ccccc3)ccc1C2C1c2ccc(S(=O)c3ccccc3)cc2Oc2cc(S(=O)c3ccccc3)ccc21. The van der Waals surface area contributed by atoms with E-state index < -0.39 is 43.2 Å². The monoisotopic (exact) mass is 858 g/mol. The standard InChI is InChI=1S/C50H34O6S4/c51-57(33-13-5-1-6-14-33)37-21-25-41-45(29-37)55-46-30-38(58(52)34-15-7-2-8-16-34)22-26-42(46)49(41)50-43-27-23-39(59(53)35-17-9-3-10-18-35)31-47(43)56-48-32-40(24-28-44(48)50)60(54)36-19-11-4-12-20-36/h1-32,49-50H. The predicted octanol–water partition coefficient (Wildman–Crippen LogP) is 11.5. The van der Waals surface area contributed by atoms with Crippen molar-refractivity contribution in [2.75, 3.05) is 0 Å². The summed E-state index contributed by atoms with van der Waals surface area (Å²) in [5.74, 6) is 1.40. The van der Waals surface area contributed by atoms with E-state index in [-0.39, 0.29) is 11.8 Å². The topological polar surface area (TPSA) is 86.7 Å². The fourth-order valence-electron chi connectivity index (χ4n) is 7.91. The second-order valence-electron chi connectivity index (χ2n) is 14.3. The van der Waals surface area contributed by atoms with Crippen LogP contribution in [0, 0.1) is 0 Å². The van der Waals surface area contributed by atoms with E-state index in [0.29, 0.717) is 62.2 Å². The molecule has 8 aromatic carbocycles. The summed E-state index contributed by atoms with van der Waals surface area (Å²) in [5.41, 5.74) is 3.47. The second-order valence-corrected chi connectivity index (χ2v) is 20.2. The Kier molecular flexibility index (Phi) is 10.3. The highest BCUT2D eigenvalue weighted by Crippen LogP contribution is 2.58. The minimum absolute atomic E-state index is 0.375. The Bertz CT molecular complexity index is 2610. The van der Waals surface area contributed by atoms with Gasteiger partial charge in [0.1, 0.15) is 23.0 Å². The molecular formula is C50H34O6S4. The zero-order valence-corrected chi connectivity index (χ0v) is 35.0. The smallest absolute Gasteiger partial charge is 0.132 e. The van der Waals surface area contributed by atoms with E-state index in [9.17, 15) is 16.8 Å².